The highest BCUT2D eigenvalue weighted by molar-refractivity contribution is 5.93. The molecule has 0 aromatic rings. The Morgan fingerprint density at radius 1 is 0.962 bits per heavy atom. The van der Waals surface area contributed by atoms with Gasteiger partial charge < -0.3 is 24.4 Å². The van der Waals surface area contributed by atoms with Gasteiger partial charge in [-0.3, -0.25) is 9.59 Å². The number of carbonyl (C=O) groups excluding carboxylic acids is 4. The molecule has 0 radical (unpaired) electrons. The van der Waals surface area contributed by atoms with E-state index in [0.29, 0.717) is 23.1 Å². The number of aliphatic hydroxyl groups is 2. The predicted molar refractivity (Wildman–Crippen MR) is 202 cm³/mol. The monoisotopic (exact) mass is 726 g/mol. The number of ketones is 1. The number of aliphatic hydroxyl groups excluding tert-OH is 1. The van der Waals surface area contributed by atoms with Crippen LogP contribution in [0, 0.1) is 22.7 Å². The number of rotatable bonds is 19. The van der Waals surface area contributed by atoms with Crippen LogP contribution in [0.5, 0.6) is 0 Å². The zero-order valence-electron chi connectivity index (χ0n) is 33.6. The fourth-order valence-corrected chi connectivity index (χ4v) is 8.64. The van der Waals surface area contributed by atoms with Crippen molar-refractivity contribution in [3.05, 3.63) is 46.6 Å². The SMILES string of the molecule is C/C=C(/C)C(=O)OCC1=CCC(=O)[C@@]2([C@H](C)C[C@]3(OC(=O)CCCCCCCCCCC)[C@H](C)C3(C)C)C=C(C)[C@H](OC(=O)/C(C)=C\C)[C@@]2(O)[C@@H]1O. The second-order valence-electron chi connectivity index (χ2n) is 16.2. The second kappa shape index (κ2) is 17.9. The van der Waals surface area contributed by atoms with Crippen molar-refractivity contribution in [1.29, 1.82) is 0 Å². The standard InChI is InChI=1S/C43H66O9/c1-11-14-15-16-17-18-19-20-21-22-35(45)52-42(32(8)40(42,9)10)26-31(7)41-25-30(6)37(51-39(48)29(5)13-3)43(41,49)36(46)33(23-24-34(41)44)27-50-38(47)28(4)12-2/h12-13,23,25,31-32,36-37,46,49H,11,14-22,24,26-27H2,1-10H3/b28-12-,29-13-/t31-,32-,36-,37+,41+,42+,43+/m1/s1. The molecule has 7 atom stereocenters. The first-order chi connectivity index (χ1) is 24.4. The molecular formula is C43H66O9. The van der Waals surface area contributed by atoms with Crippen LogP contribution in [0.4, 0.5) is 0 Å². The Balaban J connectivity index is 1.92. The maximum absolute atomic E-state index is 14.6. The molecule has 0 aromatic heterocycles. The first-order valence-electron chi connectivity index (χ1n) is 19.6. The maximum Gasteiger partial charge on any atom is 0.334 e. The largest absolute Gasteiger partial charge is 0.458 e. The van der Waals surface area contributed by atoms with E-state index < -0.39 is 52.1 Å². The van der Waals surface area contributed by atoms with Gasteiger partial charge in [0.2, 0.25) is 0 Å². The number of esters is 3. The minimum atomic E-state index is -2.36. The van der Waals surface area contributed by atoms with E-state index in [-0.39, 0.29) is 42.7 Å². The van der Waals surface area contributed by atoms with Gasteiger partial charge in [0.15, 0.2) is 11.7 Å². The summed E-state index contributed by atoms with van der Waals surface area (Å²) in [6.45, 7) is 18.1. The summed E-state index contributed by atoms with van der Waals surface area (Å²) >= 11 is 0. The summed E-state index contributed by atoms with van der Waals surface area (Å²) in [6.07, 6.45) is 13.8. The number of carbonyl (C=O) groups is 4. The molecule has 0 aliphatic heterocycles. The minimum Gasteiger partial charge on any atom is -0.458 e. The molecule has 1 fully saturated rings. The van der Waals surface area contributed by atoms with Crippen LogP contribution in [0.15, 0.2) is 46.6 Å². The molecule has 0 saturated heterocycles. The van der Waals surface area contributed by atoms with Crippen LogP contribution in [0.25, 0.3) is 0 Å². The molecule has 0 heterocycles. The van der Waals surface area contributed by atoms with Crippen LogP contribution in [0.3, 0.4) is 0 Å². The third-order valence-corrected chi connectivity index (χ3v) is 12.8. The molecule has 3 aliphatic rings. The van der Waals surface area contributed by atoms with Gasteiger partial charge in [-0.25, -0.2) is 9.59 Å². The van der Waals surface area contributed by atoms with E-state index in [0.717, 1.165) is 19.3 Å². The second-order valence-corrected chi connectivity index (χ2v) is 16.2. The van der Waals surface area contributed by atoms with E-state index in [1.807, 2.05) is 27.7 Å². The van der Waals surface area contributed by atoms with E-state index in [2.05, 4.69) is 6.92 Å². The topological polar surface area (TPSA) is 136 Å². The van der Waals surface area contributed by atoms with Gasteiger partial charge in [-0.1, -0.05) is 110 Å². The van der Waals surface area contributed by atoms with Gasteiger partial charge in [0, 0.05) is 35.3 Å². The molecule has 0 amide bonds. The smallest absolute Gasteiger partial charge is 0.334 e. The summed E-state index contributed by atoms with van der Waals surface area (Å²) in [5.41, 5.74) is -4.19. The molecule has 1 saturated carbocycles. The van der Waals surface area contributed by atoms with Crippen LogP contribution in [-0.2, 0) is 33.4 Å². The average Bonchev–Trinajstić information content (AvgIpc) is 3.41. The molecular weight excluding hydrogens is 660 g/mol. The lowest BCUT2D eigenvalue weighted by Gasteiger charge is -2.49. The molecule has 0 bridgehead atoms. The van der Waals surface area contributed by atoms with Gasteiger partial charge in [0.1, 0.15) is 24.1 Å². The fraction of sp³-hybridized carbons (Fsp3) is 0.721. The van der Waals surface area contributed by atoms with Crippen molar-refractivity contribution < 1.29 is 43.6 Å². The molecule has 2 N–H and O–H groups in total. The van der Waals surface area contributed by atoms with Crippen molar-refractivity contribution in [3.8, 4) is 0 Å². The summed E-state index contributed by atoms with van der Waals surface area (Å²) in [5, 5.41) is 25.1. The highest BCUT2D eigenvalue weighted by Gasteiger charge is 2.76. The van der Waals surface area contributed by atoms with Gasteiger partial charge in [0.25, 0.3) is 0 Å². The van der Waals surface area contributed by atoms with Gasteiger partial charge >= 0.3 is 17.9 Å². The molecule has 292 valence electrons. The number of allylic oxidation sites excluding steroid dienone is 3. The number of fused-ring (bicyclic) bond motifs is 1. The van der Waals surface area contributed by atoms with Crippen LogP contribution in [0.2, 0.25) is 0 Å². The van der Waals surface area contributed by atoms with Crippen LogP contribution >= 0.6 is 0 Å². The quantitative estimate of drug-likeness (QED) is 0.0444. The van der Waals surface area contributed by atoms with Crippen molar-refractivity contribution in [3.63, 3.8) is 0 Å². The van der Waals surface area contributed by atoms with Crippen molar-refractivity contribution in [2.45, 2.75) is 170 Å². The molecule has 9 heteroatoms. The van der Waals surface area contributed by atoms with Gasteiger partial charge in [-0.05, 0) is 64.5 Å². The van der Waals surface area contributed by atoms with E-state index in [9.17, 15) is 29.4 Å². The van der Waals surface area contributed by atoms with Crippen molar-refractivity contribution in [2.75, 3.05) is 6.61 Å². The number of Topliss-reactive ketones (excluding diaryl/α,β-unsaturated/α-hetero) is 1. The normalized spacial score (nSPS) is 30.5. The maximum atomic E-state index is 14.6. The molecule has 9 nitrogen and oxygen atoms in total. The van der Waals surface area contributed by atoms with Gasteiger partial charge in [-0.2, -0.15) is 0 Å². The molecule has 52 heavy (non-hydrogen) atoms. The van der Waals surface area contributed by atoms with Crippen LogP contribution in [-0.4, -0.2) is 63.9 Å². The predicted octanol–water partition coefficient (Wildman–Crippen LogP) is 8.22. The Labute approximate surface area is 312 Å². The molecule has 3 aliphatic carbocycles. The van der Waals surface area contributed by atoms with Crippen molar-refractivity contribution in [2.24, 2.45) is 22.7 Å². The molecule has 0 unspecified atom stereocenters. The first kappa shape index (κ1) is 43.4. The zero-order valence-corrected chi connectivity index (χ0v) is 33.6. The molecule has 0 spiro atoms. The highest BCUT2D eigenvalue weighted by Crippen LogP contribution is 2.69. The van der Waals surface area contributed by atoms with Gasteiger partial charge in [-0.15, -0.1) is 0 Å². The Bertz CT molecular complexity index is 1450. The third-order valence-electron chi connectivity index (χ3n) is 12.8. The third kappa shape index (κ3) is 8.36. The summed E-state index contributed by atoms with van der Waals surface area (Å²) in [6, 6.07) is 0. The molecule has 0 aromatic carbocycles. The zero-order chi connectivity index (χ0) is 39.1. The number of hydrogen-bond donors (Lipinski definition) is 2. The molecule has 3 rings (SSSR count). The van der Waals surface area contributed by atoms with Crippen molar-refractivity contribution >= 4 is 23.7 Å². The highest BCUT2D eigenvalue weighted by atomic mass is 16.6. The van der Waals surface area contributed by atoms with Crippen LogP contribution < -0.4 is 0 Å². The number of hydrogen-bond acceptors (Lipinski definition) is 9. The Morgan fingerprint density at radius 2 is 1.50 bits per heavy atom. The first-order valence-corrected chi connectivity index (χ1v) is 19.6. The van der Waals surface area contributed by atoms with E-state index in [1.165, 1.54) is 44.6 Å². The number of ether oxygens (including phenoxy) is 3. The fourth-order valence-electron chi connectivity index (χ4n) is 8.64. The Morgan fingerprint density at radius 3 is 2.04 bits per heavy atom. The lowest BCUT2D eigenvalue weighted by atomic mass is 9.59. The van der Waals surface area contributed by atoms with E-state index in [4.69, 9.17) is 14.2 Å². The van der Waals surface area contributed by atoms with Gasteiger partial charge in [0.05, 0.1) is 5.41 Å². The summed E-state index contributed by atoms with van der Waals surface area (Å²) in [4.78, 5) is 53.7. The summed E-state index contributed by atoms with van der Waals surface area (Å²) in [5.74, 6) is -2.66. The van der Waals surface area contributed by atoms with E-state index in [1.54, 1.807) is 52.8 Å². The lowest BCUT2D eigenvalue weighted by molar-refractivity contribution is -0.203. The average molecular weight is 727 g/mol. The van der Waals surface area contributed by atoms with Crippen LogP contribution in [0.1, 0.15) is 146 Å². The van der Waals surface area contributed by atoms with E-state index >= 15 is 0 Å². The minimum absolute atomic E-state index is 0.0368. The summed E-state index contributed by atoms with van der Waals surface area (Å²) < 4.78 is 17.8. The lowest BCUT2D eigenvalue weighted by Crippen LogP contribution is -2.65. The Hall–Kier alpha value is -3.04. The Kier molecular flexibility index (Phi) is 14.9. The summed E-state index contributed by atoms with van der Waals surface area (Å²) in [7, 11) is 0. The van der Waals surface area contributed by atoms with Crippen molar-refractivity contribution in [1.82, 2.24) is 0 Å². The number of unbranched alkanes of at least 4 members (excludes halogenated alkanes) is 8.